The van der Waals surface area contributed by atoms with Gasteiger partial charge in [0.1, 0.15) is 5.69 Å². The van der Waals surface area contributed by atoms with Crippen LogP contribution in [0.3, 0.4) is 0 Å². The molecular formula is C13H13N3O. The van der Waals surface area contributed by atoms with Crippen LogP contribution in [0, 0.1) is 6.92 Å². The Labute approximate surface area is 99.7 Å². The molecule has 2 rings (SSSR count). The molecule has 0 aliphatic carbocycles. The smallest absolute Gasteiger partial charge is 0.270 e. The third-order valence-electron chi connectivity index (χ3n) is 2.35. The van der Waals surface area contributed by atoms with E-state index in [2.05, 4.69) is 15.3 Å². The lowest BCUT2D eigenvalue weighted by Crippen LogP contribution is -2.23. The average Bonchev–Trinajstić information content (AvgIpc) is 2.38. The quantitative estimate of drug-likeness (QED) is 0.868. The number of nitrogens with zero attached hydrogens (tertiary/aromatic N) is 2. The standard InChI is InChI=1S/C13H13N3O/c1-10-2-3-12(15-8-10)13(17)16-9-11-4-6-14-7-5-11/h2-8H,9H2,1H3,(H,16,17). The molecular weight excluding hydrogens is 214 g/mol. The summed E-state index contributed by atoms with van der Waals surface area (Å²) in [6, 6.07) is 7.32. The summed E-state index contributed by atoms with van der Waals surface area (Å²) in [6.07, 6.45) is 5.08. The van der Waals surface area contributed by atoms with Gasteiger partial charge in [-0.25, -0.2) is 0 Å². The van der Waals surface area contributed by atoms with Crippen LogP contribution < -0.4 is 5.32 Å². The van der Waals surface area contributed by atoms with E-state index in [-0.39, 0.29) is 5.91 Å². The van der Waals surface area contributed by atoms with E-state index in [1.54, 1.807) is 24.7 Å². The summed E-state index contributed by atoms with van der Waals surface area (Å²) in [5, 5.41) is 2.81. The Morgan fingerprint density at radius 3 is 2.65 bits per heavy atom. The zero-order chi connectivity index (χ0) is 12.1. The Balaban J connectivity index is 1.96. The summed E-state index contributed by atoms with van der Waals surface area (Å²) in [6.45, 7) is 2.42. The van der Waals surface area contributed by atoms with E-state index in [9.17, 15) is 4.79 Å². The molecule has 0 unspecified atom stereocenters. The maximum Gasteiger partial charge on any atom is 0.270 e. The molecule has 0 aliphatic heterocycles. The number of carbonyl (C=O) groups excluding carboxylic acids is 1. The van der Waals surface area contributed by atoms with Crippen molar-refractivity contribution in [3.05, 3.63) is 59.7 Å². The van der Waals surface area contributed by atoms with Gasteiger partial charge in [-0.2, -0.15) is 0 Å². The number of nitrogens with one attached hydrogen (secondary N) is 1. The molecule has 2 aromatic rings. The highest BCUT2D eigenvalue weighted by Gasteiger charge is 2.05. The van der Waals surface area contributed by atoms with E-state index in [1.165, 1.54) is 0 Å². The van der Waals surface area contributed by atoms with Crippen molar-refractivity contribution in [3.8, 4) is 0 Å². The predicted molar refractivity (Wildman–Crippen MR) is 64.4 cm³/mol. The number of amides is 1. The third-order valence-corrected chi connectivity index (χ3v) is 2.35. The van der Waals surface area contributed by atoms with Gasteiger partial charge in [-0.1, -0.05) is 6.07 Å². The van der Waals surface area contributed by atoms with Crippen molar-refractivity contribution < 1.29 is 4.79 Å². The fourth-order valence-electron chi connectivity index (χ4n) is 1.38. The van der Waals surface area contributed by atoms with Crippen LogP contribution in [0.15, 0.2) is 42.9 Å². The molecule has 86 valence electrons. The van der Waals surface area contributed by atoms with Crippen LogP contribution in [0.5, 0.6) is 0 Å². The number of hydrogen-bond donors (Lipinski definition) is 1. The van der Waals surface area contributed by atoms with Crippen molar-refractivity contribution in [2.24, 2.45) is 0 Å². The van der Waals surface area contributed by atoms with E-state index < -0.39 is 0 Å². The highest BCUT2D eigenvalue weighted by Crippen LogP contribution is 2.00. The second kappa shape index (κ2) is 5.21. The minimum absolute atomic E-state index is 0.165. The largest absolute Gasteiger partial charge is 0.347 e. The number of carbonyl (C=O) groups is 1. The highest BCUT2D eigenvalue weighted by atomic mass is 16.1. The van der Waals surface area contributed by atoms with Crippen LogP contribution in [0.4, 0.5) is 0 Å². The molecule has 1 N–H and O–H groups in total. The molecule has 0 atom stereocenters. The number of aromatic nitrogens is 2. The van der Waals surface area contributed by atoms with Crippen molar-refractivity contribution in [2.45, 2.75) is 13.5 Å². The zero-order valence-corrected chi connectivity index (χ0v) is 9.55. The van der Waals surface area contributed by atoms with Gasteiger partial charge in [-0.15, -0.1) is 0 Å². The first kappa shape index (κ1) is 11.3. The highest BCUT2D eigenvalue weighted by molar-refractivity contribution is 5.92. The predicted octanol–water partition coefficient (Wildman–Crippen LogP) is 1.72. The lowest BCUT2D eigenvalue weighted by atomic mass is 10.2. The van der Waals surface area contributed by atoms with Crippen molar-refractivity contribution in [2.75, 3.05) is 0 Å². The number of hydrogen-bond acceptors (Lipinski definition) is 3. The Morgan fingerprint density at radius 2 is 2.00 bits per heavy atom. The molecule has 17 heavy (non-hydrogen) atoms. The monoisotopic (exact) mass is 227 g/mol. The Bertz CT molecular complexity index is 494. The molecule has 0 bridgehead atoms. The average molecular weight is 227 g/mol. The summed E-state index contributed by atoms with van der Waals surface area (Å²) >= 11 is 0. The summed E-state index contributed by atoms with van der Waals surface area (Å²) in [4.78, 5) is 19.7. The molecule has 2 heterocycles. The SMILES string of the molecule is Cc1ccc(C(=O)NCc2ccncc2)nc1. The van der Waals surface area contributed by atoms with Gasteiger partial charge in [0.2, 0.25) is 0 Å². The Morgan fingerprint density at radius 1 is 1.24 bits per heavy atom. The van der Waals surface area contributed by atoms with E-state index in [1.807, 2.05) is 25.1 Å². The number of aryl methyl sites for hydroxylation is 1. The molecule has 0 fully saturated rings. The van der Waals surface area contributed by atoms with E-state index in [0.29, 0.717) is 12.2 Å². The summed E-state index contributed by atoms with van der Waals surface area (Å²) in [7, 11) is 0. The Kier molecular flexibility index (Phi) is 3.45. The first-order valence-corrected chi connectivity index (χ1v) is 5.35. The minimum Gasteiger partial charge on any atom is -0.347 e. The van der Waals surface area contributed by atoms with Crippen LogP contribution in [-0.2, 0) is 6.54 Å². The van der Waals surface area contributed by atoms with Gasteiger partial charge in [0.15, 0.2) is 0 Å². The van der Waals surface area contributed by atoms with E-state index in [0.717, 1.165) is 11.1 Å². The molecule has 0 radical (unpaired) electrons. The molecule has 4 heteroatoms. The van der Waals surface area contributed by atoms with Crippen LogP contribution in [0.2, 0.25) is 0 Å². The van der Waals surface area contributed by atoms with Crippen molar-refractivity contribution in [1.82, 2.24) is 15.3 Å². The van der Waals surface area contributed by atoms with Crippen LogP contribution in [0.1, 0.15) is 21.6 Å². The summed E-state index contributed by atoms with van der Waals surface area (Å²) < 4.78 is 0. The van der Waals surface area contributed by atoms with Crippen LogP contribution in [0.25, 0.3) is 0 Å². The van der Waals surface area contributed by atoms with Crippen LogP contribution >= 0.6 is 0 Å². The molecule has 0 aromatic carbocycles. The maximum absolute atomic E-state index is 11.7. The van der Waals surface area contributed by atoms with Gasteiger partial charge in [-0.3, -0.25) is 14.8 Å². The lowest BCUT2D eigenvalue weighted by molar-refractivity contribution is 0.0946. The first-order valence-electron chi connectivity index (χ1n) is 5.35. The molecule has 0 spiro atoms. The molecule has 0 aliphatic rings. The number of rotatable bonds is 3. The Hall–Kier alpha value is -2.23. The maximum atomic E-state index is 11.7. The summed E-state index contributed by atoms with van der Waals surface area (Å²) in [5.74, 6) is -0.165. The third kappa shape index (κ3) is 3.11. The molecule has 4 nitrogen and oxygen atoms in total. The summed E-state index contributed by atoms with van der Waals surface area (Å²) in [5.41, 5.74) is 2.49. The first-order chi connectivity index (χ1) is 8.25. The lowest BCUT2D eigenvalue weighted by Gasteiger charge is -2.04. The van der Waals surface area contributed by atoms with E-state index >= 15 is 0 Å². The zero-order valence-electron chi connectivity index (χ0n) is 9.55. The van der Waals surface area contributed by atoms with Crippen molar-refractivity contribution >= 4 is 5.91 Å². The van der Waals surface area contributed by atoms with Crippen molar-refractivity contribution in [1.29, 1.82) is 0 Å². The van der Waals surface area contributed by atoms with Gasteiger partial charge in [-0.05, 0) is 36.2 Å². The van der Waals surface area contributed by atoms with Gasteiger partial charge < -0.3 is 5.32 Å². The second-order valence-electron chi connectivity index (χ2n) is 3.76. The van der Waals surface area contributed by atoms with E-state index in [4.69, 9.17) is 0 Å². The molecule has 0 saturated carbocycles. The van der Waals surface area contributed by atoms with Gasteiger partial charge in [0, 0.05) is 25.1 Å². The minimum atomic E-state index is -0.165. The van der Waals surface area contributed by atoms with Gasteiger partial charge in [0.25, 0.3) is 5.91 Å². The van der Waals surface area contributed by atoms with Crippen LogP contribution in [-0.4, -0.2) is 15.9 Å². The molecule has 1 amide bonds. The topological polar surface area (TPSA) is 54.9 Å². The molecule has 2 aromatic heterocycles. The fourth-order valence-corrected chi connectivity index (χ4v) is 1.38. The number of pyridine rings is 2. The van der Waals surface area contributed by atoms with Crippen molar-refractivity contribution in [3.63, 3.8) is 0 Å². The second-order valence-corrected chi connectivity index (χ2v) is 3.76. The molecule has 0 saturated heterocycles. The van der Waals surface area contributed by atoms with Gasteiger partial charge in [0.05, 0.1) is 0 Å². The van der Waals surface area contributed by atoms with Gasteiger partial charge >= 0.3 is 0 Å². The fraction of sp³-hybridized carbons (Fsp3) is 0.154. The normalized spacial score (nSPS) is 9.94.